The van der Waals surface area contributed by atoms with Crippen molar-refractivity contribution in [1.29, 1.82) is 0 Å². The molecule has 1 aromatic heterocycles. The first-order valence-electron chi connectivity index (χ1n) is 4.26. The maximum atomic E-state index is 12.7. The number of benzene rings is 1. The van der Waals surface area contributed by atoms with E-state index in [1.807, 2.05) is 0 Å². The Morgan fingerprint density at radius 2 is 1.75 bits per heavy atom. The molecule has 2 rings (SSSR count). The van der Waals surface area contributed by atoms with Crippen LogP contribution in [0.1, 0.15) is 0 Å². The first-order valence-corrected chi connectivity index (χ1v) is 7.45. The van der Waals surface area contributed by atoms with Crippen molar-refractivity contribution in [2.24, 2.45) is 0 Å². The molecule has 16 heavy (non-hydrogen) atoms. The summed E-state index contributed by atoms with van der Waals surface area (Å²) in [5.41, 5.74) is 1.13. The third-order valence-electron chi connectivity index (χ3n) is 2.01. The Morgan fingerprint density at radius 3 is 2.31 bits per heavy atom. The van der Waals surface area contributed by atoms with E-state index in [4.69, 9.17) is 10.7 Å². The molecular formula is C10H6ClFO2S2. The van der Waals surface area contributed by atoms with Crippen LogP contribution < -0.4 is 0 Å². The second-order valence-corrected chi connectivity index (χ2v) is 6.74. The molecule has 0 unspecified atom stereocenters. The lowest BCUT2D eigenvalue weighted by atomic mass is 10.1. The average Bonchev–Trinajstić information content (AvgIpc) is 2.66. The van der Waals surface area contributed by atoms with Crippen LogP contribution in [0.5, 0.6) is 0 Å². The van der Waals surface area contributed by atoms with E-state index in [0.717, 1.165) is 11.3 Å². The Bertz CT molecular complexity index is 602. The van der Waals surface area contributed by atoms with Gasteiger partial charge in [-0.15, -0.1) is 11.3 Å². The normalized spacial score (nSPS) is 11.6. The minimum Gasteiger partial charge on any atom is -0.207 e. The van der Waals surface area contributed by atoms with E-state index < -0.39 is 9.05 Å². The molecule has 0 radical (unpaired) electrons. The second-order valence-electron chi connectivity index (χ2n) is 3.07. The highest BCUT2D eigenvalue weighted by molar-refractivity contribution is 8.15. The molecule has 0 atom stereocenters. The third-order valence-corrected chi connectivity index (χ3v) is 5.06. The van der Waals surface area contributed by atoms with E-state index in [1.165, 1.54) is 24.3 Å². The van der Waals surface area contributed by atoms with Crippen molar-refractivity contribution in [1.82, 2.24) is 0 Å². The molecule has 6 heteroatoms. The quantitative estimate of drug-likeness (QED) is 0.787. The summed E-state index contributed by atoms with van der Waals surface area (Å²) < 4.78 is 35.3. The predicted molar refractivity (Wildman–Crippen MR) is 62.8 cm³/mol. The lowest BCUT2D eigenvalue weighted by Gasteiger charge is -2.00. The van der Waals surface area contributed by atoms with Gasteiger partial charge in [-0.05, 0) is 29.1 Å². The highest BCUT2D eigenvalue weighted by atomic mass is 35.7. The monoisotopic (exact) mass is 276 g/mol. The lowest BCUT2D eigenvalue weighted by Crippen LogP contribution is -1.89. The summed E-state index contributed by atoms with van der Waals surface area (Å²) in [6, 6.07) is 7.23. The Kier molecular flexibility index (Phi) is 3.01. The Morgan fingerprint density at radius 1 is 1.12 bits per heavy atom. The summed E-state index contributed by atoms with van der Waals surface area (Å²) in [5.74, 6) is -0.366. The molecule has 1 heterocycles. The molecule has 0 fully saturated rings. The Labute approximate surface area is 101 Å². The molecule has 0 spiro atoms. The fourth-order valence-electron chi connectivity index (χ4n) is 1.33. The van der Waals surface area contributed by atoms with E-state index >= 15 is 0 Å². The van der Waals surface area contributed by atoms with E-state index in [1.54, 1.807) is 11.4 Å². The molecule has 1 aromatic carbocycles. The number of rotatable bonds is 2. The summed E-state index contributed by atoms with van der Waals surface area (Å²) >= 11 is 1.04. The van der Waals surface area contributed by atoms with E-state index in [0.29, 0.717) is 11.1 Å². The molecule has 0 aliphatic rings. The van der Waals surface area contributed by atoms with Gasteiger partial charge in [0.15, 0.2) is 0 Å². The van der Waals surface area contributed by atoms with Crippen LogP contribution in [0.2, 0.25) is 0 Å². The molecule has 0 saturated carbocycles. The van der Waals surface area contributed by atoms with Crippen molar-refractivity contribution in [3.63, 3.8) is 0 Å². The molecule has 0 bridgehead atoms. The van der Waals surface area contributed by atoms with Gasteiger partial charge in [-0.3, -0.25) is 0 Å². The maximum absolute atomic E-state index is 12.7. The topological polar surface area (TPSA) is 34.1 Å². The zero-order chi connectivity index (χ0) is 11.8. The zero-order valence-electron chi connectivity index (χ0n) is 7.85. The first kappa shape index (κ1) is 11.6. The van der Waals surface area contributed by atoms with Crippen LogP contribution in [0, 0.1) is 5.82 Å². The summed E-state index contributed by atoms with van der Waals surface area (Å²) in [6.07, 6.45) is 0. The number of thiophene rings is 1. The van der Waals surface area contributed by atoms with Gasteiger partial charge in [-0.1, -0.05) is 12.1 Å². The standard InChI is InChI=1S/C10H6ClFO2S2/c11-16(13,14)10-9(5-6-15-10)7-1-3-8(12)4-2-7/h1-6H. The zero-order valence-corrected chi connectivity index (χ0v) is 10.2. The molecule has 0 saturated heterocycles. The molecule has 0 aliphatic heterocycles. The van der Waals surface area contributed by atoms with Crippen LogP contribution in [0.4, 0.5) is 4.39 Å². The van der Waals surface area contributed by atoms with Crippen LogP contribution in [0.25, 0.3) is 11.1 Å². The summed E-state index contributed by atoms with van der Waals surface area (Å²) in [4.78, 5) is 0. The smallest absolute Gasteiger partial charge is 0.207 e. The van der Waals surface area contributed by atoms with Gasteiger partial charge < -0.3 is 0 Å². The van der Waals surface area contributed by atoms with Gasteiger partial charge in [-0.25, -0.2) is 12.8 Å². The molecule has 0 amide bonds. The predicted octanol–water partition coefficient (Wildman–Crippen LogP) is 3.48. The van der Waals surface area contributed by atoms with Crippen LogP contribution in [0.3, 0.4) is 0 Å². The van der Waals surface area contributed by atoms with Crippen molar-refractivity contribution in [3.8, 4) is 11.1 Å². The van der Waals surface area contributed by atoms with Crippen molar-refractivity contribution in [2.45, 2.75) is 4.21 Å². The summed E-state index contributed by atoms with van der Waals surface area (Å²) in [6.45, 7) is 0. The van der Waals surface area contributed by atoms with Gasteiger partial charge in [0.05, 0.1) is 0 Å². The Balaban J connectivity index is 2.58. The summed E-state index contributed by atoms with van der Waals surface area (Å²) in [5, 5.41) is 1.63. The number of hydrogen-bond donors (Lipinski definition) is 0. The van der Waals surface area contributed by atoms with Gasteiger partial charge in [0.1, 0.15) is 10.0 Å². The molecule has 0 N–H and O–H groups in total. The minimum atomic E-state index is -3.75. The van der Waals surface area contributed by atoms with Crippen LogP contribution in [0.15, 0.2) is 39.9 Å². The largest absolute Gasteiger partial charge is 0.271 e. The number of halogens is 2. The second kappa shape index (κ2) is 4.16. The lowest BCUT2D eigenvalue weighted by molar-refractivity contribution is 0.611. The van der Waals surface area contributed by atoms with Crippen molar-refractivity contribution < 1.29 is 12.8 Å². The molecule has 84 valence electrons. The molecular weight excluding hydrogens is 271 g/mol. The molecule has 2 nitrogen and oxygen atoms in total. The Hall–Kier alpha value is -0.910. The average molecular weight is 277 g/mol. The molecule has 0 aliphatic carbocycles. The van der Waals surface area contributed by atoms with E-state index in [9.17, 15) is 12.8 Å². The van der Waals surface area contributed by atoms with Crippen molar-refractivity contribution >= 4 is 31.1 Å². The van der Waals surface area contributed by atoms with Crippen LogP contribution in [-0.2, 0) is 9.05 Å². The molecule has 2 aromatic rings. The minimum absolute atomic E-state index is 0.0841. The van der Waals surface area contributed by atoms with Crippen LogP contribution in [-0.4, -0.2) is 8.42 Å². The maximum Gasteiger partial charge on any atom is 0.271 e. The fourth-order valence-corrected chi connectivity index (χ4v) is 3.62. The third kappa shape index (κ3) is 2.26. The highest BCUT2D eigenvalue weighted by Gasteiger charge is 2.18. The first-order chi connectivity index (χ1) is 7.48. The van der Waals surface area contributed by atoms with Crippen LogP contribution >= 0.6 is 22.0 Å². The SMILES string of the molecule is O=S(=O)(Cl)c1sccc1-c1ccc(F)cc1. The summed E-state index contributed by atoms with van der Waals surface area (Å²) in [7, 11) is 1.54. The van der Waals surface area contributed by atoms with E-state index in [2.05, 4.69) is 0 Å². The van der Waals surface area contributed by atoms with E-state index in [-0.39, 0.29) is 10.0 Å². The highest BCUT2D eigenvalue weighted by Crippen LogP contribution is 2.34. The van der Waals surface area contributed by atoms with Gasteiger partial charge in [0.25, 0.3) is 9.05 Å². The van der Waals surface area contributed by atoms with Gasteiger partial charge in [0.2, 0.25) is 0 Å². The van der Waals surface area contributed by atoms with Crippen molar-refractivity contribution in [3.05, 3.63) is 41.5 Å². The van der Waals surface area contributed by atoms with Gasteiger partial charge >= 0.3 is 0 Å². The van der Waals surface area contributed by atoms with Gasteiger partial charge in [0, 0.05) is 16.2 Å². The van der Waals surface area contributed by atoms with Crippen molar-refractivity contribution in [2.75, 3.05) is 0 Å². The van der Waals surface area contributed by atoms with Gasteiger partial charge in [-0.2, -0.15) is 0 Å². The number of hydrogen-bond acceptors (Lipinski definition) is 3. The fraction of sp³-hybridized carbons (Fsp3) is 0.